The van der Waals surface area contributed by atoms with Crippen LogP contribution in [-0.4, -0.2) is 35.4 Å². The van der Waals surface area contributed by atoms with Gasteiger partial charge in [-0.2, -0.15) is 0 Å². The fraction of sp³-hybridized carbons (Fsp3) is 0.818. The molecule has 1 amide bonds. The van der Waals surface area contributed by atoms with Gasteiger partial charge in [-0.25, -0.2) is 0 Å². The molecule has 1 fully saturated rings. The molecule has 1 unspecified atom stereocenters. The van der Waals surface area contributed by atoms with Gasteiger partial charge in [-0.1, -0.05) is 12.2 Å². The van der Waals surface area contributed by atoms with Gasteiger partial charge in [0.2, 0.25) is 5.91 Å². The molecule has 92 valence electrons. The second kappa shape index (κ2) is 5.59. The lowest BCUT2D eigenvalue weighted by molar-refractivity contribution is -0.126. The smallest absolute Gasteiger partial charge is 0.224 e. The summed E-state index contributed by atoms with van der Waals surface area (Å²) in [5.41, 5.74) is 10.5. The Morgan fingerprint density at radius 2 is 2.12 bits per heavy atom. The summed E-state index contributed by atoms with van der Waals surface area (Å²) < 4.78 is 0. The summed E-state index contributed by atoms with van der Waals surface area (Å²) in [6.07, 6.45) is 3.79. The molecule has 1 atom stereocenters. The van der Waals surface area contributed by atoms with Crippen molar-refractivity contribution in [3.63, 3.8) is 0 Å². The number of primary amides is 1. The van der Waals surface area contributed by atoms with Gasteiger partial charge in [-0.15, -0.1) is 0 Å². The predicted molar refractivity (Wildman–Crippen MR) is 69.0 cm³/mol. The summed E-state index contributed by atoms with van der Waals surface area (Å²) in [5, 5.41) is 0. The molecule has 4 nitrogen and oxygen atoms in total. The Labute approximate surface area is 102 Å². The van der Waals surface area contributed by atoms with Crippen LogP contribution in [0.1, 0.15) is 32.6 Å². The van der Waals surface area contributed by atoms with Crippen molar-refractivity contribution in [3.05, 3.63) is 0 Å². The zero-order valence-electron chi connectivity index (χ0n) is 9.87. The summed E-state index contributed by atoms with van der Waals surface area (Å²) in [7, 11) is 0. The lowest BCUT2D eigenvalue weighted by Crippen LogP contribution is -2.37. The molecular weight excluding hydrogens is 222 g/mol. The molecule has 0 saturated carbocycles. The number of nitrogens with two attached hydrogens (primary N) is 2. The SMILES string of the molecule is CC1(C(N)=O)CCN(CCCCC(N)=S)C1. The highest BCUT2D eigenvalue weighted by Crippen LogP contribution is 2.29. The summed E-state index contributed by atoms with van der Waals surface area (Å²) in [4.78, 5) is 14.1. The summed E-state index contributed by atoms with van der Waals surface area (Å²) in [5.74, 6) is -0.182. The zero-order chi connectivity index (χ0) is 12.2. The molecule has 0 aromatic rings. The molecule has 1 heterocycles. The minimum Gasteiger partial charge on any atom is -0.393 e. The standard InChI is InChI=1S/C11H21N3OS/c1-11(10(13)15)5-7-14(8-11)6-3-2-4-9(12)16/h2-8H2,1H3,(H2,12,16)(H2,13,15). The minimum absolute atomic E-state index is 0.182. The highest BCUT2D eigenvalue weighted by Gasteiger charge is 2.38. The highest BCUT2D eigenvalue weighted by molar-refractivity contribution is 7.80. The Morgan fingerprint density at radius 1 is 1.44 bits per heavy atom. The molecule has 0 aromatic heterocycles. The average Bonchev–Trinajstić information content (AvgIpc) is 2.56. The Balaban J connectivity index is 2.22. The maximum absolute atomic E-state index is 11.3. The molecule has 0 radical (unpaired) electrons. The first-order valence-corrected chi connectivity index (χ1v) is 6.15. The van der Waals surface area contributed by atoms with E-state index in [1.807, 2.05) is 6.92 Å². The second-order valence-corrected chi connectivity index (χ2v) is 5.40. The van der Waals surface area contributed by atoms with Gasteiger partial charge in [0.05, 0.1) is 10.4 Å². The third-order valence-corrected chi connectivity index (χ3v) is 3.50. The molecule has 4 N–H and O–H groups in total. The van der Waals surface area contributed by atoms with Gasteiger partial charge in [-0.05, 0) is 45.7 Å². The Kier molecular flexibility index (Phi) is 4.68. The molecule has 0 spiro atoms. The lowest BCUT2D eigenvalue weighted by Gasteiger charge is -2.20. The van der Waals surface area contributed by atoms with Crippen molar-refractivity contribution in [1.82, 2.24) is 4.90 Å². The monoisotopic (exact) mass is 243 g/mol. The summed E-state index contributed by atoms with van der Waals surface area (Å²) >= 11 is 4.82. The molecule has 16 heavy (non-hydrogen) atoms. The first-order valence-electron chi connectivity index (χ1n) is 5.74. The van der Waals surface area contributed by atoms with Crippen LogP contribution in [0.4, 0.5) is 0 Å². The van der Waals surface area contributed by atoms with Crippen molar-refractivity contribution < 1.29 is 4.79 Å². The lowest BCUT2D eigenvalue weighted by atomic mass is 9.89. The van der Waals surface area contributed by atoms with E-state index in [4.69, 9.17) is 23.7 Å². The van der Waals surface area contributed by atoms with Crippen LogP contribution in [0.2, 0.25) is 0 Å². The maximum Gasteiger partial charge on any atom is 0.224 e. The quantitative estimate of drug-likeness (QED) is 0.530. The van der Waals surface area contributed by atoms with Crippen LogP contribution in [0.3, 0.4) is 0 Å². The van der Waals surface area contributed by atoms with E-state index in [1.165, 1.54) is 0 Å². The van der Waals surface area contributed by atoms with E-state index in [0.29, 0.717) is 4.99 Å². The van der Waals surface area contributed by atoms with Gasteiger partial charge in [0.15, 0.2) is 0 Å². The molecular formula is C11H21N3OS. The van der Waals surface area contributed by atoms with E-state index in [2.05, 4.69) is 4.90 Å². The Hall–Kier alpha value is -0.680. The van der Waals surface area contributed by atoms with Gasteiger partial charge in [0.25, 0.3) is 0 Å². The van der Waals surface area contributed by atoms with E-state index < -0.39 is 0 Å². The molecule has 1 saturated heterocycles. The number of likely N-dealkylation sites (tertiary alicyclic amines) is 1. The van der Waals surface area contributed by atoms with Gasteiger partial charge in [0.1, 0.15) is 0 Å². The molecule has 1 aliphatic heterocycles. The number of amides is 1. The molecule has 0 aliphatic carbocycles. The third kappa shape index (κ3) is 3.72. The van der Waals surface area contributed by atoms with Crippen LogP contribution in [0.5, 0.6) is 0 Å². The van der Waals surface area contributed by atoms with E-state index >= 15 is 0 Å². The van der Waals surface area contributed by atoms with Gasteiger partial charge >= 0.3 is 0 Å². The molecule has 1 rings (SSSR count). The predicted octanol–water partition coefficient (Wildman–Crippen LogP) is 0.640. The normalized spacial score (nSPS) is 25.8. The van der Waals surface area contributed by atoms with Crippen LogP contribution in [0.15, 0.2) is 0 Å². The number of nitrogens with zero attached hydrogens (tertiary/aromatic N) is 1. The average molecular weight is 243 g/mol. The minimum atomic E-state index is -0.330. The van der Waals surface area contributed by atoms with E-state index in [9.17, 15) is 4.79 Å². The number of unbranched alkanes of at least 4 members (excludes halogenated alkanes) is 1. The van der Waals surface area contributed by atoms with Crippen LogP contribution >= 0.6 is 12.2 Å². The van der Waals surface area contributed by atoms with Crippen LogP contribution in [0.25, 0.3) is 0 Å². The van der Waals surface area contributed by atoms with Crippen LogP contribution in [-0.2, 0) is 4.79 Å². The fourth-order valence-electron chi connectivity index (χ4n) is 2.08. The topological polar surface area (TPSA) is 72.4 Å². The van der Waals surface area contributed by atoms with Crippen molar-refractivity contribution in [3.8, 4) is 0 Å². The van der Waals surface area contributed by atoms with Gasteiger partial charge in [0, 0.05) is 6.54 Å². The van der Waals surface area contributed by atoms with Gasteiger partial charge in [-0.3, -0.25) is 4.79 Å². The zero-order valence-corrected chi connectivity index (χ0v) is 10.7. The highest BCUT2D eigenvalue weighted by atomic mass is 32.1. The number of hydrogen-bond acceptors (Lipinski definition) is 3. The number of rotatable bonds is 6. The van der Waals surface area contributed by atoms with Crippen LogP contribution < -0.4 is 11.5 Å². The number of thiocarbonyl (C=S) groups is 1. The largest absolute Gasteiger partial charge is 0.393 e. The fourth-order valence-corrected chi connectivity index (χ4v) is 2.23. The molecule has 0 bridgehead atoms. The maximum atomic E-state index is 11.3. The second-order valence-electron chi connectivity index (χ2n) is 4.87. The third-order valence-electron chi connectivity index (χ3n) is 3.29. The van der Waals surface area contributed by atoms with Gasteiger partial charge < -0.3 is 16.4 Å². The number of carbonyl (C=O) groups is 1. The first-order chi connectivity index (χ1) is 7.44. The Bertz CT molecular complexity index is 282. The molecule has 5 heteroatoms. The van der Waals surface area contributed by atoms with E-state index in [-0.39, 0.29) is 11.3 Å². The Morgan fingerprint density at radius 3 is 2.62 bits per heavy atom. The van der Waals surface area contributed by atoms with Crippen molar-refractivity contribution in [2.45, 2.75) is 32.6 Å². The summed E-state index contributed by atoms with van der Waals surface area (Å²) in [6.45, 7) is 4.71. The molecule has 1 aliphatic rings. The summed E-state index contributed by atoms with van der Waals surface area (Å²) in [6, 6.07) is 0. The van der Waals surface area contributed by atoms with Crippen LogP contribution in [0, 0.1) is 5.41 Å². The number of carbonyl (C=O) groups excluding carboxylic acids is 1. The van der Waals surface area contributed by atoms with Crippen molar-refractivity contribution in [1.29, 1.82) is 0 Å². The van der Waals surface area contributed by atoms with Crippen molar-refractivity contribution in [2.75, 3.05) is 19.6 Å². The van der Waals surface area contributed by atoms with Crippen molar-refractivity contribution in [2.24, 2.45) is 16.9 Å². The molecule has 0 aromatic carbocycles. The van der Waals surface area contributed by atoms with Crippen molar-refractivity contribution >= 4 is 23.1 Å². The first kappa shape index (κ1) is 13.4. The number of hydrogen-bond donors (Lipinski definition) is 2. The van der Waals surface area contributed by atoms with E-state index in [0.717, 1.165) is 45.3 Å². The van der Waals surface area contributed by atoms with E-state index in [1.54, 1.807) is 0 Å².